The third-order valence-electron chi connectivity index (χ3n) is 2.92. The lowest BCUT2D eigenvalue weighted by Gasteiger charge is -2.18. The van der Waals surface area contributed by atoms with Crippen LogP contribution in [0.2, 0.25) is 0 Å². The maximum absolute atomic E-state index is 11.4. The van der Waals surface area contributed by atoms with Crippen molar-refractivity contribution in [1.29, 1.82) is 0 Å². The molecule has 2 rings (SSSR count). The standard InChI is InChI=1S/C15H17NO2S/c1-3-13-7-8-14(19-13)10-16(15(17)18)12-6-4-5-11(2)9-12/h4-9H,3,10H2,1-2H3,(H,17,18). The second kappa shape index (κ2) is 5.89. The molecule has 0 radical (unpaired) electrons. The minimum atomic E-state index is -0.919. The van der Waals surface area contributed by atoms with Gasteiger partial charge in [0.15, 0.2) is 0 Å². The molecule has 0 spiro atoms. The number of amides is 1. The predicted octanol–water partition coefficient (Wildman–Crippen LogP) is 4.30. The van der Waals surface area contributed by atoms with E-state index in [-0.39, 0.29) is 0 Å². The first kappa shape index (κ1) is 13.6. The molecule has 100 valence electrons. The number of hydrogen-bond donors (Lipinski definition) is 1. The van der Waals surface area contributed by atoms with E-state index in [1.54, 1.807) is 11.3 Å². The Labute approximate surface area is 117 Å². The molecule has 1 aromatic heterocycles. The van der Waals surface area contributed by atoms with Gasteiger partial charge in [0.1, 0.15) is 0 Å². The summed E-state index contributed by atoms with van der Waals surface area (Å²) in [6.07, 6.45) is 0.0689. The molecule has 1 aromatic carbocycles. The summed E-state index contributed by atoms with van der Waals surface area (Å²) >= 11 is 1.67. The van der Waals surface area contributed by atoms with Gasteiger partial charge in [0.25, 0.3) is 0 Å². The Balaban J connectivity index is 2.23. The van der Waals surface area contributed by atoms with E-state index in [0.29, 0.717) is 6.54 Å². The van der Waals surface area contributed by atoms with E-state index < -0.39 is 6.09 Å². The van der Waals surface area contributed by atoms with Gasteiger partial charge in [-0.3, -0.25) is 4.90 Å². The number of thiophene rings is 1. The van der Waals surface area contributed by atoms with Crippen LogP contribution in [0.25, 0.3) is 0 Å². The van der Waals surface area contributed by atoms with Gasteiger partial charge in [0, 0.05) is 15.4 Å². The fourth-order valence-electron chi connectivity index (χ4n) is 1.92. The molecule has 1 N–H and O–H groups in total. The van der Waals surface area contributed by atoms with Crippen molar-refractivity contribution in [3.8, 4) is 0 Å². The maximum Gasteiger partial charge on any atom is 0.412 e. The Morgan fingerprint density at radius 3 is 2.58 bits per heavy atom. The summed E-state index contributed by atoms with van der Waals surface area (Å²) in [7, 11) is 0. The lowest BCUT2D eigenvalue weighted by molar-refractivity contribution is 0.201. The third kappa shape index (κ3) is 3.35. The molecular formula is C15H17NO2S. The van der Waals surface area contributed by atoms with Crippen molar-refractivity contribution >= 4 is 23.1 Å². The van der Waals surface area contributed by atoms with Crippen LogP contribution >= 0.6 is 11.3 Å². The third-order valence-corrected chi connectivity index (χ3v) is 4.14. The predicted molar refractivity (Wildman–Crippen MR) is 79.1 cm³/mol. The molecule has 2 aromatic rings. The summed E-state index contributed by atoms with van der Waals surface area (Å²) in [5.74, 6) is 0. The Morgan fingerprint density at radius 1 is 1.26 bits per heavy atom. The van der Waals surface area contributed by atoms with Crippen molar-refractivity contribution < 1.29 is 9.90 Å². The van der Waals surface area contributed by atoms with E-state index in [1.807, 2.05) is 37.3 Å². The first-order valence-electron chi connectivity index (χ1n) is 6.25. The minimum absolute atomic E-state index is 0.406. The van der Waals surface area contributed by atoms with Crippen LogP contribution in [0.5, 0.6) is 0 Å². The number of anilines is 1. The fourth-order valence-corrected chi connectivity index (χ4v) is 2.87. The summed E-state index contributed by atoms with van der Waals surface area (Å²) in [5.41, 5.74) is 1.78. The highest BCUT2D eigenvalue weighted by Gasteiger charge is 2.15. The summed E-state index contributed by atoms with van der Waals surface area (Å²) in [4.78, 5) is 15.2. The summed E-state index contributed by atoms with van der Waals surface area (Å²) in [6.45, 7) is 4.47. The summed E-state index contributed by atoms with van der Waals surface area (Å²) < 4.78 is 0. The van der Waals surface area contributed by atoms with Gasteiger partial charge in [-0.2, -0.15) is 0 Å². The van der Waals surface area contributed by atoms with Crippen LogP contribution in [-0.2, 0) is 13.0 Å². The van der Waals surface area contributed by atoms with Crippen LogP contribution < -0.4 is 4.90 Å². The zero-order chi connectivity index (χ0) is 13.8. The molecule has 0 aliphatic heterocycles. The number of carbonyl (C=O) groups is 1. The van der Waals surface area contributed by atoms with Crippen molar-refractivity contribution in [2.24, 2.45) is 0 Å². The van der Waals surface area contributed by atoms with Gasteiger partial charge < -0.3 is 5.11 Å². The Hall–Kier alpha value is -1.81. The van der Waals surface area contributed by atoms with Gasteiger partial charge in [-0.05, 0) is 43.2 Å². The van der Waals surface area contributed by atoms with Gasteiger partial charge in [0.2, 0.25) is 0 Å². The van der Waals surface area contributed by atoms with E-state index in [4.69, 9.17) is 0 Å². The van der Waals surface area contributed by atoms with Crippen molar-refractivity contribution in [3.05, 3.63) is 51.7 Å². The molecule has 0 aliphatic carbocycles. The number of aryl methyl sites for hydroxylation is 2. The van der Waals surface area contributed by atoms with E-state index in [2.05, 4.69) is 13.0 Å². The first-order chi connectivity index (χ1) is 9.10. The highest BCUT2D eigenvalue weighted by atomic mass is 32.1. The van der Waals surface area contributed by atoms with E-state index >= 15 is 0 Å². The topological polar surface area (TPSA) is 40.5 Å². The SMILES string of the molecule is CCc1ccc(CN(C(=O)O)c2cccc(C)c2)s1. The van der Waals surface area contributed by atoms with E-state index in [9.17, 15) is 9.90 Å². The van der Waals surface area contributed by atoms with Crippen LogP contribution in [-0.4, -0.2) is 11.2 Å². The lowest BCUT2D eigenvalue weighted by Crippen LogP contribution is -2.28. The Morgan fingerprint density at radius 2 is 2.00 bits per heavy atom. The number of nitrogens with zero attached hydrogens (tertiary/aromatic N) is 1. The summed E-state index contributed by atoms with van der Waals surface area (Å²) in [5, 5.41) is 9.37. The van der Waals surface area contributed by atoms with Crippen LogP contribution in [0.4, 0.5) is 10.5 Å². The number of carboxylic acid groups (broad SMARTS) is 1. The number of hydrogen-bond acceptors (Lipinski definition) is 2. The van der Waals surface area contributed by atoms with Gasteiger partial charge in [-0.15, -0.1) is 11.3 Å². The second-order valence-electron chi connectivity index (χ2n) is 4.43. The zero-order valence-corrected chi connectivity index (χ0v) is 11.9. The lowest BCUT2D eigenvalue weighted by atomic mass is 10.2. The summed E-state index contributed by atoms with van der Waals surface area (Å²) in [6, 6.07) is 11.6. The van der Waals surface area contributed by atoms with E-state index in [0.717, 1.165) is 22.5 Å². The maximum atomic E-state index is 11.4. The highest BCUT2D eigenvalue weighted by Crippen LogP contribution is 2.23. The van der Waals surface area contributed by atoms with Gasteiger partial charge in [0.05, 0.1) is 6.54 Å². The van der Waals surface area contributed by atoms with Crippen LogP contribution in [0.1, 0.15) is 22.2 Å². The highest BCUT2D eigenvalue weighted by molar-refractivity contribution is 7.12. The molecule has 0 saturated carbocycles. The molecule has 1 heterocycles. The van der Waals surface area contributed by atoms with Crippen LogP contribution in [0, 0.1) is 6.92 Å². The van der Waals surface area contributed by atoms with Crippen LogP contribution in [0.3, 0.4) is 0 Å². The van der Waals surface area contributed by atoms with Crippen molar-refractivity contribution in [1.82, 2.24) is 0 Å². The molecular weight excluding hydrogens is 258 g/mol. The molecule has 0 fully saturated rings. The molecule has 4 heteroatoms. The largest absolute Gasteiger partial charge is 0.465 e. The number of benzene rings is 1. The Kier molecular flexibility index (Phi) is 4.22. The van der Waals surface area contributed by atoms with Gasteiger partial charge in [-0.25, -0.2) is 4.79 Å². The van der Waals surface area contributed by atoms with E-state index in [1.165, 1.54) is 9.78 Å². The molecule has 1 amide bonds. The van der Waals surface area contributed by atoms with Gasteiger partial charge >= 0.3 is 6.09 Å². The molecule has 0 bridgehead atoms. The molecule has 3 nitrogen and oxygen atoms in total. The van der Waals surface area contributed by atoms with Crippen molar-refractivity contribution in [2.45, 2.75) is 26.8 Å². The second-order valence-corrected chi connectivity index (χ2v) is 5.68. The number of rotatable bonds is 4. The average Bonchev–Trinajstić information content (AvgIpc) is 2.83. The van der Waals surface area contributed by atoms with Crippen molar-refractivity contribution in [3.63, 3.8) is 0 Å². The zero-order valence-electron chi connectivity index (χ0n) is 11.1. The average molecular weight is 275 g/mol. The van der Waals surface area contributed by atoms with Gasteiger partial charge in [-0.1, -0.05) is 19.1 Å². The molecule has 19 heavy (non-hydrogen) atoms. The molecule has 0 atom stereocenters. The molecule has 0 aliphatic rings. The fraction of sp³-hybridized carbons (Fsp3) is 0.267. The van der Waals surface area contributed by atoms with Crippen molar-refractivity contribution in [2.75, 3.05) is 4.90 Å². The molecule has 0 saturated heterocycles. The minimum Gasteiger partial charge on any atom is -0.465 e. The monoisotopic (exact) mass is 275 g/mol. The Bertz CT molecular complexity index is 577. The smallest absolute Gasteiger partial charge is 0.412 e. The normalized spacial score (nSPS) is 10.4. The first-order valence-corrected chi connectivity index (χ1v) is 7.06. The molecule has 0 unspecified atom stereocenters. The quantitative estimate of drug-likeness (QED) is 0.903. The van der Waals surface area contributed by atoms with Crippen LogP contribution in [0.15, 0.2) is 36.4 Å².